The first-order chi connectivity index (χ1) is 17.4. The third-order valence-electron chi connectivity index (χ3n) is 5.49. The van der Waals surface area contributed by atoms with Gasteiger partial charge in [0, 0.05) is 23.0 Å². The number of hydrogen-bond acceptors (Lipinski definition) is 5. The largest absolute Gasteiger partial charge is 0.456 e. The van der Waals surface area contributed by atoms with E-state index in [-0.39, 0.29) is 30.6 Å². The maximum Gasteiger partial charge on any atom is 0.306 e. The SMILES string of the molecule is O=C(COC(=O)CCc1nc2cc(Cl)ccc2n(Cc2ccccc2)c1=O)NCc1ccc(Cl)cc1. The van der Waals surface area contributed by atoms with E-state index < -0.39 is 18.5 Å². The lowest BCUT2D eigenvalue weighted by atomic mass is 10.2. The number of rotatable bonds is 9. The van der Waals surface area contributed by atoms with Gasteiger partial charge in [0.05, 0.1) is 24.0 Å². The van der Waals surface area contributed by atoms with Crippen LogP contribution in [0.4, 0.5) is 0 Å². The van der Waals surface area contributed by atoms with Crippen LogP contribution in [0.25, 0.3) is 11.0 Å². The molecule has 0 aliphatic carbocycles. The minimum atomic E-state index is -0.598. The van der Waals surface area contributed by atoms with Crippen LogP contribution >= 0.6 is 23.2 Å². The molecule has 0 bridgehead atoms. The number of carbonyl (C=O) groups is 2. The molecular weight excluding hydrogens is 501 g/mol. The first-order valence-electron chi connectivity index (χ1n) is 11.3. The van der Waals surface area contributed by atoms with Crippen molar-refractivity contribution in [3.05, 3.63) is 110 Å². The van der Waals surface area contributed by atoms with Crippen molar-refractivity contribution >= 4 is 46.1 Å². The molecule has 1 aromatic heterocycles. The smallest absolute Gasteiger partial charge is 0.306 e. The minimum Gasteiger partial charge on any atom is -0.456 e. The number of fused-ring (bicyclic) bond motifs is 1. The van der Waals surface area contributed by atoms with Gasteiger partial charge in [-0.15, -0.1) is 0 Å². The Morgan fingerprint density at radius 1 is 0.917 bits per heavy atom. The highest BCUT2D eigenvalue weighted by atomic mass is 35.5. The summed E-state index contributed by atoms with van der Waals surface area (Å²) in [7, 11) is 0. The summed E-state index contributed by atoms with van der Waals surface area (Å²) in [4.78, 5) is 42.0. The van der Waals surface area contributed by atoms with E-state index >= 15 is 0 Å². The molecule has 0 saturated carbocycles. The summed E-state index contributed by atoms with van der Waals surface area (Å²) in [6.07, 6.45) is -0.0224. The van der Waals surface area contributed by atoms with E-state index in [1.165, 1.54) is 0 Å². The number of aryl methyl sites for hydroxylation is 1. The van der Waals surface area contributed by atoms with Crippen molar-refractivity contribution in [3.63, 3.8) is 0 Å². The Morgan fingerprint density at radius 3 is 2.39 bits per heavy atom. The van der Waals surface area contributed by atoms with Gasteiger partial charge < -0.3 is 14.6 Å². The Labute approximate surface area is 217 Å². The summed E-state index contributed by atoms with van der Waals surface area (Å²) in [5.74, 6) is -1.03. The van der Waals surface area contributed by atoms with Crippen molar-refractivity contribution in [3.8, 4) is 0 Å². The molecule has 4 aromatic rings. The van der Waals surface area contributed by atoms with Crippen LogP contribution < -0.4 is 10.9 Å². The molecule has 0 spiro atoms. The van der Waals surface area contributed by atoms with Gasteiger partial charge >= 0.3 is 5.97 Å². The average Bonchev–Trinajstić information content (AvgIpc) is 2.88. The van der Waals surface area contributed by atoms with Gasteiger partial charge in [0.15, 0.2) is 6.61 Å². The van der Waals surface area contributed by atoms with Crippen molar-refractivity contribution in [1.82, 2.24) is 14.9 Å². The zero-order chi connectivity index (χ0) is 25.5. The van der Waals surface area contributed by atoms with Crippen LogP contribution in [-0.2, 0) is 33.8 Å². The Balaban J connectivity index is 1.39. The number of esters is 1. The maximum atomic E-state index is 13.2. The molecule has 0 unspecified atom stereocenters. The third kappa shape index (κ3) is 6.71. The normalized spacial score (nSPS) is 10.8. The van der Waals surface area contributed by atoms with Crippen LogP contribution in [0.3, 0.4) is 0 Å². The molecule has 0 atom stereocenters. The highest BCUT2D eigenvalue weighted by molar-refractivity contribution is 6.31. The Kier molecular flexibility index (Phi) is 8.36. The summed E-state index contributed by atoms with van der Waals surface area (Å²) in [5, 5.41) is 3.78. The maximum absolute atomic E-state index is 13.2. The number of ether oxygens (including phenoxy) is 1. The number of halogens is 2. The first-order valence-corrected chi connectivity index (χ1v) is 12.0. The van der Waals surface area contributed by atoms with E-state index in [1.54, 1.807) is 47.0 Å². The molecule has 1 heterocycles. The molecule has 3 aromatic carbocycles. The van der Waals surface area contributed by atoms with Gasteiger partial charge in [0.25, 0.3) is 11.5 Å². The van der Waals surface area contributed by atoms with Crippen LogP contribution in [-0.4, -0.2) is 28.0 Å². The van der Waals surface area contributed by atoms with Gasteiger partial charge in [-0.05, 0) is 41.5 Å². The van der Waals surface area contributed by atoms with E-state index in [4.69, 9.17) is 27.9 Å². The molecule has 36 heavy (non-hydrogen) atoms. The predicted octanol–water partition coefficient (Wildman–Crippen LogP) is 4.54. The number of hydrogen-bond donors (Lipinski definition) is 1. The number of nitrogens with zero attached hydrogens (tertiary/aromatic N) is 2. The highest BCUT2D eigenvalue weighted by Gasteiger charge is 2.15. The summed E-state index contributed by atoms with van der Waals surface area (Å²) >= 11 is 12.0. The van der Waals surface area contributed by atoms with E-state index in [9.17, 15) is 14.4 Å². The van der Waals surface area contributed by atoms with Crippen LogP contribution in [0.5, 0.6) is 0 Å². The number of benzene rings is 3. The second kappa shape index (κ2) is 11.8. The van der Waals surface area contributed by atoms with Crippen LogP contribution in [0, 0.1) is 0 Å². The van der Waals surface area contributed by atoms with Gasteiger partial charge in [0.2, 0.25) is 0 Å². The summed E-state index contributed by atoms with van der Waals surface area (Å²) < 4.78 is 6.70. The Morgan fingerprint density at radius 2 is 1.64 bits per heavy atom. The lowest BCUT2D eigenvalue weighted by Gasteiger charge is -2.13. The molecule has 1 N–H and O–H groups in total. The number of amides is 1. The molecular formula is C27H23Cl2N3O4. The van der Waals surface area contributed by atoms with Gasteiger partial charge in [-0.1, -0.05) is 65.7 Å². The van der Waals surface area contributed by atoms with Gasteiger partial charge in [-0.3, -0.25) is 14.4 Å². The first kappa shape index (κ1) is 25.4. The van der Waals surface area contributed by atoms with Crippen molar-refractivity contribution in [1.29, 1.82) is 0 Å². The molecule has 0 fully saturated rings. The van der Waals surface area contributed by atoms with Crippen molar-refractivity contribution in [2.45, 2.75) is 25.9 Å². The Bertz CT molecular complexity index is 1440. The fourth-order valence-corrected chi connectivity index (χ4v) is 3.94. The zero-order valence-corrected chi connectivity index (χ0v) is 20.8. The molecule has 7 nitrogen and oxygen atoms in total. The molecule has 4 rings (SSSR count). The minimum absolute atomic E-state index is 0.0707. The van der Waals surface area contributed by atoms with Crippen LogP contribution in [0.15, 0.2) is 77.6 Å². The fraction of sp³-hybridized carbons (Fsp3) is 0.185. The second-order valence-electron chi connectivity index (χ2n) is 8.13. The van der Waals surface area contributed by atoms with Crippen LogP contribution in [0.2, 0.25) is 10.0 Å². The molecule has 184 valence electrons. The fourth-order valence-electron chi connectivity index (χ4n) is 3.65. The summed E-state index contributed by atoms with van der Waals surface area (Å²) in [6, 6.07) is 21.8. The van der Waals surface area contributed by atoms with Crippen molar-refractivity contribution in [2.24, 2.45) is 0 Å². The van der Waals surface area contributed by atoms with Gasteiger partial charge in [-0.25, -0.2) is 4.98 Å². The molecule has 0 aliphatic rings. The predicted molar refractivity (Wildman–Crippen MR) is 139 cm³/mol. The average molecular weight is 524 g/mol. The monoisotopic (exact) mass is 523 g/mol. The highest BCUT2D eigenvalue weighted by Crippen LogP contribution is 2.18. The number of nitrogens with one attached hydrogen (secondary N) is 1. The van der Waals surface area contributed by atoms with Crippen molar-refractivity contribution < 1.29 is 14.3 Å². The molecule has 1 amide bonds. The number of aromatic nitrogens is 2. The molecule has 0 saturated heterocycles. The van der Waals surface area contributed by atoms with Crippen LogP contribution in [0.1, 0.15) is 23.2 Å². The topological polar surface area (TPSA) is 90.3 Å². The van der Waals surface area contributed by atoms with E-state index in [0.29, 0.717) is 27.6 Å². The molecule has 9 heteroatoms. The van der Waals surface area contributed by atoms with E-state index in [1.807, 2.05) is 30.3 Å². The van der Waals surface area contributed by atoms with Gasteiger partial charge in [-0.2, -0.15) is 0 Å². The zero-order valence-electron chi connectivity index (χ0n) is 19.2. The molecule has 0 aliphatic heterocycles. The third-order valence-corrected chi connectivity index (χ3v) is 5.98. The van der Waals surface area contributed by atoms with Gasteiger partial charge in [0.1, 0.15) is 5.69 Å². The standard InChI is InChI=1S/C27H23Cl2N3O4/c28-20-8-6-18(7-9-20)15-30-25(33)17-36-26(34)13-11-22-27(35)32(16-19-4-2-1-3-5-19)24-12-10-21(29)14-23(24)31-22/h1-10,12,14H,11,13,15-17H2,(H,30,33). The summed E-state index contributed by atoms with van der Waals surface area (Å²) in [5.41, 5.74) is 2.97. The lowest BCUT2D eigenvalue weighted by Crippen LogP contribution is -2.29. The summed E-state index contributed by atoms with van der Waals surface area (Å²) in [6.45, 7) is 0.231. The quantitative estimate of drug-likeness (QED) is 0.325. The van der Waals surface area contributed by atoms with E-state index in [0.717, 1.165) is 11.1 Å². The van der Waals surface area contributed by atoms with E-state index in [2.05, 4.69) is 10.3 Å². The molecule has 0 radical (unpaired) electrons. The Hall–Kier alpha value is -3.68. The second-order valence-corrected chi connectivity index (χ2v) is 9.01. The number of carbonyl (C=O) groups excluding carboxylic acids is 2. The lowest BCUT2D eigenvalue weighted by molar-refractivity contribution is -0.148. The van der Waals surface area contributed by atoms with Crippen molar-refractivity contribution in [2.75, 3.05) is 6.61 Å².